The van der Waals surface area contributed by atoms with E-state index in [4.69, 9.17) is 27.7 Å². The fraction of sp³-hybridized carbons (Fsp3) is 1.00. The zero-order valence-electron chi connectivity index (χ0n) is 18.8. The van der Waals surface area contributed by atoms with Crippen LogP contribution in [0.1, 0.15) is 79.1 Å². The van der Waals surface area contributed by atoms with Crippen LogP contribution in [0.25, 0.3) is 0 Å². The van der Waals surface area contributed by atoms with Gasteiger partial charge in [-0.1, -0.05) is 66.2 Å². The van der Waals surface area contributed by atoms with Gasteiger partial charge < -0.3 is 27.7 Å². The van der Waals surface area contributed by atoms with Gasteiger partial charge in [0.05, 0.1) is 0 Å². The predicted molar refractivity (Wildman–Crippen MR) is 115 cm³/mol. The van der Waals surface area contributed by atoms with Crippen molar-refractivity contribution in [2.24, 2.45) is 11.8 Å². The van der Waals surface area contributed by atoms with E-state index in [1.54, 1.807) is 21.3 Å². The average Bonchev–Trinajstić information content (AvgIpc) is 2.65. The summed E-state index contributed by atoms with van der Waals surface area (Å²) in [5, 5.41) is 0. The summed E-state index contributed by atoms with van der Waals surface area (Å²) >= 11 is 0. The summed E-state index contributed by atoms with van der Waals surface area (Å²) in [7, 11) is -1.05. The maximum Gasteiger partial charge on any atom is 0.500 e. The molecule has 0 aliphatic heterocycles. The molecule has 3 N–H and O–H groups in total. The normalized spacial score (nSPS) is 14.4. The number of rotatable bonds is 15. The van der Waals surface area contributed by atoms with E-state index in [0.29, 0.717) is 5.92 Å². The minimum Gasteiger partial charge on any atom is -0.390 e. The molecule has 0 aliphatic rings. The molecule has 0 spiro atoms. The molecule has 8 heteroatoms. The molecular formula is C19H46O6Si2. The molecule has 0 aromatic carbocycles. The second kappa shape index (κ2) is 17.1. The van der Waals surface area contributed by atoms with E-state index in [1.807, 2.05) is 0 Å². The molecular weight excluding hydrogens is 380 g/mol. The third-order valence-corrected chi connectivity index (χ3v) is 8.95. The molecule has 2 unspecified atom stereocenters. The highest BCUT2D eigenvalue weighted by Crippen LogP contribution is 2.23. The maximum absolute atomic E-state index is 8.78. The Labute approximate surface area is 170 Å². The van der Waals surface area contributed by atoms with Crippen molar-refractivity contribution in [3.05, 3.63) is 0 Å². The van der Waals surface area contributed by atoms with Crippen molar-refractivity contribution in [3.63, 3.8) is 0 Å². The molecule has 0 rings (SSSR count). The molecule has 0 aliphatic carbocycles. The Morgan fingerprint density at radius 3 is 1.26 bits per heavy atom. The number of hydrogen-bond acceptors (Lipinski definition) is 6. The molecule has 0 radical (unpaired) electrons. The quantitative estimate of drug-likeness (QED) is 0.340. The average molecular weight is 427 g/mol. The van der Waals surface area contributed by atoms with Crippen LogP contribution in [0.15, 0.2) is 0 Å². The monoisotopic (exact) mass is 426 g/mol. The molecule has 0 saturated carbocycles. The third-order valence-electron chi connectivity index (χ3n) is 5.23. The van der Waals surface area contributed by atoms with Crippen LogP contribution in [-0.2, 0) is 13.3 Å². The molecule has 0 fully saturated rings. The standard InChI is InChI=1S/C11H26O3Si.C8H20O3Si/c1-6-8-11(7-2)9-10-15(12-3,13-4)14-5;1-3-5-8(4-2)6-7-12(9,10)11/h11H,6-10H2,1-5H3;8-11H,3-7H2,1-2H3. The van der Waals surface area contributed by atoms with Gasteiger partial charge in [-0.05, 0) is 24.7 Å². The highest BCUT2D eigenvalue weighted by Gasteiger charge is 2.37. The first-order valence-corrected chi connectivity index (χ1v) is 14.5. The largest absolute Gasteiger partial charge is 0.500 e. The maximum atomic E-state index is 8.78. The number of hydrogen-bond donors (Lipinski definition) is 3. The molecule has 0 bridgehead atoms. The van der Waals surface area contributed by atoms with E-state index in [1.165, 1.54) is 19.3 Å². The van der Waals surface area contributed by atoms with Crippen molar-refractivity contribution in [2.75, 3.05) is 21.3 Å². The highest BCUT2D eigenvalue weighted by molar-refractivity contribution is 6.60. The lowest BCUT2D eigenvalue weighted by Crippen LogP contribution is -2.42. The molecule has 0 aromatic rings. The van der Waals surface area contributed by atoms with Gasteiger partial charge in [0.1, 0.15) is 0 Å². The van der Waals surface area contributed by atoms with Crippen molar-refractivity contribution in [2.45, 2.75) is 91.1 Å². The lowest BCUT2D eigenvalue weighted by molar-refractivity contribution is 0.121. The smallest absolute Gasteiger partial charge is 0.390 e. The summed E-state index contributed by atoms with van der Waals surface area (Å²) in [5.41, 5.74) is 0. The fourth-order valence-electron chi connectivity index (χ4n) is 3.26. The predicted octanol–water partition coefficient (Wildman–Crippen LogP) is 4.20. The first-order chi connectivity index (χ1) is 12.7. The van der Waals surface area contributed by atoms with E-state index >= 15 is 0 Å². The fourth-order valence-corrected chi connectivity index (χ4v) is 5.93. The minimum absolute atomic E-state index is 0.186. The van der Waals surface area contributed by atoms with Crippen LogP contribution >= 0.6 is 0 Å². The van der Waals surface area contributed by atoms with Gasteiger partial charge in [0.2, 0.25) is 0 Å². The SMILES string of the molecule is CCCC(CC)CC[Si](O)(O)O.CCCC(CC)CC[Si](OC)(OC)OC. The van der Waals surface area contributed by atoms with Crippen molar-refractivity contribution in [1.82, 2.24) is 0 Å². The molecule has 0 saturated heterocycles. The first kappa shape index (κ1) is 29.4. The third kappa shape index (κ3) is 15.8. The Bertz CT molecular complexity index is 314. The van der Waals surface area contributed by atoms with E-state index in [9.17, 15) is 0 Å². The molecule has 6 nitrogen and oxygen atoms in total. The summed E-state index contributed by atoms with van der Waals surface area (Å²) in [5.74, 6) is 1.32. The molecule has 27 heavy (non-hydrogen) atoms. The van der Waals surface area contributed by atoms with E-state index in [2.05, 4.69) is 27.7 Å². The highest BCUT2D eigenvalue weighted by atomic mass is 28.4. The topological polar surface area (TPSA) is 88.4 Å². The molecule has 2 atom stereocenters. The molecule has 0 aromatic heterocycles. The minimum atomic E-state index is -3.77. The van der Waals surface area contributed by atoms with Crippen molar-refractivity contribution in [3.8, 4) is 0 Å². The summed E-state index contributed by atoms with van der Waals surface area (Å²) in [6.45, 7) is 8.69. The Hall–Kier alpha value is 0.194. The lowest BCUT2D eigenvalue weighted by atomic mass is 9.98. The Morgan fingerprint density at radius 2 is 1.00 bits per heavy atom. The van der Waals surface area contributed by atoms with Gasteiger partial charge in [0.25, 0.3) is 0 Å². The molecule has 0 amide bonds. The van der Waals surface area contributed by atoms with Crippen molar-refractivity contribution in [1.29, 1.82) is 0 Å². The van der Waals surface area contributed by atoms with Gasteiger partial charge in [-0.15, -0.1) is 0 Å². The molecule has 166 valence electrons. The Balaban J connectivity index is 0. The second-order valence-corrected chi connectivity index (χ2v) is 12.4. The summed E-state index contributed by atoms with van der Waals surface area (Å²) in [6.07, 6.45) is 8.94. The second-order valence-electron chi connectivity index (χ2n) is 7.27. The van der Waals surface area contributed by atoms with Crippen LogP contribution in [-0.4, -0.2) is 53.3 Å². The van der Waals surface area contributed by atoms with Gasteiger partial charge >= 0.3 is 17.6 Å². The van der Waals surface area contributed by atoms with E-state index in [0.717, 1.165) is 44.1 Å². The van der Waals surface area contributed by atoms with Crippen molar-refractivity contribution < 1.29 is 27.7 Å². The van der Waals surface area contributed by atoms with Crippen LogP contribution in [0.5, 0.6) is 0 Å². The van der Waals surface area contributed by atoms with E-state index < -0.39 is 17.6 Å². The van der Waals surface area contributed by atoms with Crippen LogP contribution in [0, 0.1) is 11.8 Å². The summed E-state index contributed by atoms with van der Waals surface area (Å²) in [4.78, 5) is 26.3. The summed E-state index contributed by atoms with van der Waals surface area (Å²) in [6, 6.07) is 1.11. The Kier molecular flexibility index (Phi) is 18.6. The van der Waals surface area contributed by atoms with Gasteiger partial charge in [-0.3, -0.25) is 0 Å². The van der Waals surface area contributed by atoms with Crippen LogP contribution in [0.4, 0.5) is 0 Å². The van der Waals surface area contributed by atoms with Gasteiger partial charge in [0, 0.05) is 33.4 Å². The van der Waals surface area contributed by atoms with Gasteiger partial charge in [-0.2, -0.15) is 0 Å². The Morgan fingerprint density at radius 1 is 0.630 bits per heavy atom. The summed E-state index contributed by atoms with van der Waals surface area (Å²) < 4.78 is 16.2. The van der Waals surface area contributed by atoms with Crippen LogP contribution < -0.4 is 0 Å². The lowest BCUT2D eigenvalue weighted by Gasteiger charge is -2.26. The van der Waals surface area contributed by atoms with Crippen LogP contribution in [0.3, 0.4) is 0 Å². The van der Waals surface area contributed by atoms with Gasteiger partial charge in [0.15, 0.2) is 0 Å². The van der Waals surface area contributed by atoms with Crippen LogP contribution in [0.2, 0.25) is 12.1 Å². The first-order valence-electron chi connectivity index (χ1n) is 10.5. The van der Waals surface area contributed by atoms with Crippen molar-refractivity contribution >= 4 is 17.6 Å². The zero-order chi connectivity index (χ0) is 21.3. The van der Waals surface area contributed by atoms with Gasteiger partial charge in [-0.25, -0.2) is 0 Å². The van der Waals surface area contributed by atoms with E-state index in [-0.39, 0.29) is 6.04 Å². The zero-order valence-corrected chi connectivity index (χ0v) is 20.8. The molecule has 0 heterocycles.